The van der Waals surface area contributed by atoms with Gasteiger partial charge in [0, 0.05) is 18.8 Å². The molecule has 1 amide bonds. The van der Waals surface area contributed by atoms with Gasteiger partial charge in [0.2, 0.25) is 26.0 Å². The summed E-state index contributed by atoms with van der Waals surface area (Å²) in [5.74, 6) is -0.660. The molecule has 1 aliphatic rings. The molecule has 0 saturated carbocycles. The van der Waals surface area contributed by atoms with E-state index in [0.29, 0.717) is 0 Å². The lowest BCUT2D eigenvalue weighted by molar-refractivity contribution is -0.114. The number of morpholine rings is 1. The molecular weight excluding hydrogens is 565 g/mol. The van der Waals surface area contributed by atoms with Gasteiger partial charge in [0.25, 0.3) is 0 Å². The zero-order valence-electron chi connectivity index (χ0n) is 18.6. The van der Waals surface area contributed by atoms with Crippen molar-refractivity contribution in [3.63, 3.8) is 0 Å². The molecule has 2 aromatic rings. The highest BCUT2D eigenvalue weighted by Crippen LogP contribution is 2.36. The number of carbonyl (C=O) groups is 1. The minimum absolute atomic E-state index is 0.0269. The number of anilines is 2. The Morgan fingerprint density at radius 2 is 1.69 bits per heavy atom. The lowest BCUT2D eigenvalue weighted by atomic mass is 10.3. The fourth-order valence-electron chi connectivity index (χ4n) is 3.30. The lowest BCUT2D eigenvalue weighted by Gasteiger charge is -2.27. The summed E-state index contributed by atoms with van der Waals surface area (Å²) in [6.07, 6.45) is 0.902. The summed E-state index contributed by atoms with van der Waals surface area (Å²) in [5, 5.41) is 2.65. The molecule has 10 nitrogen and oxygen atoms in total. The van der Waals surface area contributed by atoms with E-state index in [-0.39, 0.29) is 63.4 Å². The average molecular weight is 587 g/mol. The van der Waals surface area contributed by atoms with Gasteiger partial charge < -0.3 is 14.8 Å². The van der Waals surface area contributed by atoms with Crippen molar-refractivity contribution >= 4 is 72.1 Å². The number of rotatable bonds is 8. The van der Waals surface area contributed by atoms with Gasteiger partial charge >= 0.3 is 0 Å². The molecule has 1 aliphatic heterocycles. The van der Waals surface area contributed by atoms with Gasteiger partial charge in [-0.2, -0.15) is 4.31 Å². The minimum atomic E-state index is -3.96. The lowest BCUT2D eigenvalue weighted by Crippen LogP contribution is -2.40. The van der Waals surface area contributed by atoms with Crippen LogP contribution in [-0.4, -0.2) is 73.3 Å². The van der Waals surface area contributed by atoms with E-state index in [9.17, 15) is 21.6 Å². The third-order valence-electron chi connectivity index (χ3n) is 4.98. The van der Waals surface area contributed by atoms with E-state index < -0.39 is 32.5 Å². The Bertz CT molecular complexity index is 1330. The molecule has 0 aromatic heterocycles. The molecular formula is C20H22Cl3N3O7S2. The molecule has 1 saturated heterocycles. The third kappa shape index (κ3) is 6.50. The van der Waals surface area contributed by atoms with Crippen LogP contribution >= 0.6 is 34.8 Å². The molecule has 0 unspecified atom stereocenters. The summed E-state index contributed by atoms with van der Waals surface area (Å²) < 4.78 is 63.6. The molecule has 192 valence electrons. The van der Waals surface area contributed by atoms with Crippen molar-refractivity contribution in [1.29, 1.82) is 0 Å². The Kier molecular flexibility index (Phi) is 8.79. The average Bonchev–Trinajstić information content (AvgIpc) is 2.80. The fourth-order valence-corrected chi connectivity index (χ4v) is 6.44. The molecule has 2 aromatic carbocycles. The van der Waals surface area contributed by atoms with E-state index in [0.717, 1.165) is 10.6 Å². The van der Waals surface area contributed by atoms with Crippen LogP contribution in [0.5, 0.6) is 5.75 Å². The van der Waals surface area contributed by atoms with E-state index in [1.54, 1.807) is 0 Å². The first-order valence-corrected chi connectivity index (χ1v) is 14.4. The number of nitrogens with one attached hydrogen (secondary N) is 1. The predicted octanol–water partition coefficient (Wildman–Crippen LogP) is 3.08. The van der Waals surface area contributed by atoms with Crippen LogP contribution in [0.2, 0.25) is 15.1 Å². The fraction of sp³-hybridized carbons (Fsp3) is 0.350. The van der Waals surface area contributed by atoms with Crippen LogP contribution in [0, 0.1) is 0 Å². The first-order valence-electron chi connectivity index (χ1n) is 10.0. The van der Waals surface area contributed by atoms with Crippen molar-refractivity contribution in [1.82, 2.24) is 4.31 Å². The first kappa shape index (κ1) is 27.8. The zero-order chi connectivity index (χ0) is 26.0. The van der Waals surface area contributed by atoms with E-state index in [1.807, 2.05) is 0 Å². The highest BCUT2D eigenvalue weighted by molar-refractivity contribution is 7.92. The minimum Gasteiger partial charge on any atom is -0.495 e. The maximum Gasteiger partial charge on any atom is 0.246 e. The second-order valence-electron chi connectivity index (χ2n) is 7.42. The molecule has 3 rings (SSSR count). The molecule has 0 spiro atoms. The number of ether oxygens (including phenoxy) is 2. The van der Waals surface area contributed by atoms with Gasteiger partial charge in [-0.15, -0.1) is 0 Å². The van der Waals surface area contributed by atoms with Gasteiger partial charge in [-0.3, -0.25) is 9.10 Å². The Labute approximate surface area is 218 Å². The van der Waals surface area contributed by atoms with Gasteiger partial charge in [0.05, 0.1) is 47.3 Å². The van der Waals surface area contributed by atoms with Crippen molar-refractivity contribution in [2.75, 3.05) is 55.8 Å². The Balaban J connectivity index is 1.89. The Morgan fingerprint density at radius 1 is 1.06 bits per heavy atom. The van der Waals surface area contributed by atoms with E-state index in [1.165, 1.54) is 41.7 Å². The maximum atomic E-state index is 13.1. The predicted molar refractivity (Wildman–Crippen MR) is 135 cm³/mol. The normalized spacial score (nSPS) is 15.0. The number of hydrogen-bond donors (Lipinski definition) is 1. The molecule has 1 N–H and O–H groups in total. The molecule has 1 heterocycles. The molecule has 0 radical (unpaired) electrons. The van der Waals surface area contributed by atoms with Crippen LogP contribution in [0.4, 0.5) is 11.4 Å². The quantitative estimate of drug-likeness (QED) is 0.472. The van der Waals surface area contributed by atoms with E-state index in [2.05, 4.69) is 5.32 Å². The van der Waals surface area contributed by atoms with Gasteiger partial charge in [-0.25, -0.2) is 16.8 Å². The molecule has 15 heteroatoms. The van der Waals surface area contributed by atoms with Crippen LogP contribution in [0.1, 0.15) is 0 Å². The van der Waals surface area contributed by atoms with Crippen molar-refractivity contribution in [2.45, 2.75) is 4.90 Å². The number of nitrogens with zero attached hydrogens (tertiary/aromatic N) is 2. The van der Waals surface area contributed by atoms with Gasteiger partial charge in [-0.1, -0.05) is 34.8 Å². The number of hydrogen-bond acceptors (Lipinski definition) is 7. The van der Waals surface area contributed by atoms with Gasteiger partial charge in [0.1, 0.15) is 17.2 Å². The second kappa shape index (κ2) is 11.1. The number of halogens is 3. The standard InChI is InChI=1S/C20H22Cl3N3O7S2/c1-32-18-4-3-13(9-19(18)35(30,31)25-5-7-33-8-6-25)24-20(27)12-26(34(2,28)29)17-11-15(22)14(21)10-16(17)23/h3-4,9-11H,5-8,12H2,1-2H3,(H,24,27). The molecule has 0 atom stereocenters. The highest BCUT2D eigenvalue weighted by atomic mass is 35.5. The third-order valence-corrected chi connectivity index (χ3v) is 9.05. The van der Waals surface area contributed by atoms with Crippen LogP contribution in [-0.2, 0) is 29.6 Å². The molecule has 0 bridgehead atoms. The van der Waals surface area contributed by atoms with E-state index in [4.69, 9.17) is 44.3 Å². The molecule has 1 fully saturated rings. The summed E-state index contributed by atoms with van der Waals surface area (Å²) in [5.41, 5.74) is 0.0837. The topological polar surface area (TPSA) is 122 Å². The van der Waals surface area contributed by atoms with Crippen LogP contribution in [0.25, 0.3) is 0 Å². The number of sulfonamides is 2. The summed E-state index contributed by atoms with van der Waals surface area (Å²) in [4.78, 5) is 12.7. The second-order valence-corrected chi connectivity index (χ2v) is 12.5. The Hall–Kier alpha value is -1.80. The van der Waals surface area contributed by atoms with Crippen LogP contribution < -0.4 is 14.4 Å². The molecule has 0 aliphatic carbocycles. The van der Waals surface area contributed by atoms with Crippen LogP contribution in [0.15, 0.2) is 35.2 Å². The summed E-state index contributed by atoms with van der Waals surface area (Å²) in [7, 11) is -6.57. The number of amides is 1. The van der Waals surface area contributed by atoms with E-state index >= 15 is 0 Å². The maximum absolute atomic E-state index is 13.1. The van der Waals surface area contributed by atoms with Crippen molar-refractivity contribution in [2.24, 2.45) is 0 Å². The monoisotopic (exact) mass is 585 g/mol. The van der Waals surface area contributed by atoms with Crippen molar-refractivity contribution in [3.8, 4) is 5.75 Å². The smallest absolute Gasteiger partial charge is 0.246 e. The van der Waals surface area contributed by atoms with Gasteiger partial charge in [0.15, 0.2) is 0 Å². The first-order chi connectivity index (χ1) is 16.3. The Morgan fingerprint density at radius 3 is 2.29 bits per heavy atom. The van der Waals surface area contributed by atoms with Gasteiger partial charge in [-0.05, 0) is 30.3 Å². The summed E-state index contributed by atoms with van der Waals surface area (Å²) in [6.45, 7) is 0.215. The molecule has 35 heavy (non-hydrogen) atoms. The SMILES string of the molecule is COc1ccc(NC(=O)CN(c2cc(Cl)c(Cl)cc2Cl)S(C)(=O)=O)cc1S(=O)(=O)N1CCOCC1. The van der Waals surface area contributed by atoms with Crippen molar-refractivity contribution in [3.05, 3.63) is 45.4 Å². The number of methoxy groups -OCH3 is 1. The number of benzene rings is 2. The summed E-state index contributed by atoms with van der Waals surface area (Å²) in [6, 6.07) is 6.58. The van der Waals surface area contributed by atoms with Crippen LogP contribution in [0.3, 0.4) is 0 Å². The summed E-state index contributed by atoms with van der Waals surface area (Å²) >= 11 is 18.1. The largest absolute Gasteiger partial charge is 0.495 e. The van der Waals surface area contributed by atoms with Crippen molar-refractivity contribution < 1.29 is 31.1 Å². The number of carbonyl (C=O) groups excluding carboxylic acids is 1. The highest BCUT2D eigenvalue weighted by Gasteiger charge is 2.30. The zero-order valence-corrected chi connectivity index (χ0v) is 22.5.